The number of hydrogen-bond acceptors (Lipinski definition) is 9. The first-order valence-corrected chi connectivity index (χ1v) is 12.5. The molecule has 0 saturated carbocycles. The summed E-state index contributed by atoms with van der Waals surface area (Å²) in [7, 11) is 0. The molecule has 202 valence electrons. The van der Waals surface area contributed by atoms with E-state index in [-0.39, 0.29) is 24.1 Å². The van der Waals surface area contributed by atoms with Crippen molar-refractivity contribution in [3.63, 3.8) is 0 Å². The third-order valence-corrected chi connectivity index (χ3v) is 5.82. The monoisotopic (exact) mass is 515 g/mol. The van der Waals surface area contributed by atoms with Crippen molar-refractivity contribution in [1.29, 1.82) is 0 Å². The lowest BCUT2D eigenvalue weighted by molar-refractivity contribution is -0.148. The van der Waals surface area contributed by atoms with Crippen LogP contribution in [0.15, 0.2) is 17.8 Å². The number of fused-ring (bicyclic) bond motifs is 2. The van der Waals surface area contributed by atoms with Crippen LogP contribution in [0.25, 0.3) is 11.0 Å². The van der Waals surface area contributed by atoms with Crippen LogP contribution < -0.4 is 4.90 Å². The van der Waals surface area contributed by atoms with E-state index in [9.17, 15) is 9.59 Å². The maximum absolute atomic E-state index is 13.3. The molecule has 3 heterocycles. The number of hydrogen-bond donors (Lipinski definition) is 0. The van der Waals surface area contributed by atoms with Crippen molar-refractivity contribution in [2.45, 2.75) is 111 Å². The summed E-state index contributed by atoms with van der Waals surface area (Å²) in [5.74, 6) is -0.346. The second-order valence-corrected chi connectivity index (χ2v) is 11.8. The SMILES string of the molecule is CCC1=C[C@@H](n2ncc3c(N(C(=O)OC(C)(C)C)C(=O)OC(C)(C)C)nc(C)nc32)[C@@H]2OC(C)(C)O[C@H]12. The predicted molar refractivity (Wildman–Crippen MR) is 136 cm³/mol. The van der Waals surface area contributed by atoms with Gasteiger partial charge in [-0.05, 0) is 74.3 Å². The Morgan fingerprint density at radius 3 is 2.19 bits per heavy atom. The average Bonchev–Trinajstić information content (AvgIpc) is 3.35. The van der Waals surface area contributed by atoms with Gasteiger partial charge in [-0.3, -0.25) is 0 Å². The third-order valence-electron chi connectivity index (χ3n) is 5.82. The van der Waals surface area contributed by atoms with Gasteiger partial charge in [-0.25, -0.2) is 24.2 Å². The maximum Gasteiger partial charge on any atom is 0.425 e. The number of imide groups is 1. The number of aryl methyl sites for hydroxylation is 1. The Kier molecular flexibility index (Phi) is 6.61. The van der Waals surface area contributed by atoms with Crippen molar-refractivity contribution < 1.29 is 28.5 Å². The number of carbonyl (C=O) groups excluding carboxylic acids is 2. The molecular weight excluding hydrogens is 478 g/mol. The van der Waals surface area contributed by atoms with Gasteiger partial charge in [0, 0.05) is 0 Å². The second kappa shape index (κ2) is 9.05. The van der Waals surface area contributed by atoms with Gasteiger partial charge in [0.25, 0.3) is 0 Å². The molecule has 3 atom stereocenters. The van der Waals surface area contributed by atoms with Gasteiger partial charge in [0.05, 0.1) is 11.6 Å². The second-order valence-electron chi connectivity index (χ2n) is 11.8. The first-order chi connectivity index (χ1) is 17.0. The van der Waals surface area contributed by atoms with Crippen LogP contribution in [0.3, 0.4) is 0 Å². The van der Waals surface area contributed by atoms with Crippen LogP contribution in [0.5, 0.6) is 0 Å². The van der Waals surface area contributed by atoms with Crippen LogP contribution in [-0.4, -0.2) is 61.1 Å². The Hall–Kier alpha value is -3.05. The summed E-state index contributed by atoms with van der Waals surface area (Å²) < 4.78 is 25.2. The molecule has 1 fully saturated rings. The molecule has 0 unspecified atom stereocenters. The van der Waals surface area contributed by atoms with Crippen LogP contribution in [0.4, 0.5) is 15.4 Å². The van der Waals surface area contributed by atoms with Crippen molar-refractivity contribution >= 4 is 29.0 Å². The summed E-state index contributed by atoms with van der Waals surface area (Å²) >= 11 is 0. The van der Waals surface area contributed by atoms with E-state index < -0.39 is 29.2 Å². The van der Waals surface area contributed by atoms with Crippen molar-refractivity contribution in [2.75, 3.05) is 4.90 Å². The molecule has 0 spiro atoms. The molecule has 37 heavy (non-hydrogen) atoms. The molecule has 2 aromatic rings. The molecular formula is C26H37N5O6. The third kappa shape index (κ3) is 5.47. The Morgan fingerprint density at radius 1 is 1.05 bits per heavy atom. The molecule has 0 bridgehead atoms. The van der Waals surface area contributed by atoms with E-state index in [1.807, 2.05) is 13.8 Å². The molecule has 2 aromatic heterocycles. The van der Waals surface area contributed by atoms with Gasteiger partial charge >= 0.3 is 12.2 Å². The van der Waals surface area contributed by atoms with Gasteiger partial charge in [-0.1, -0.05) is 13.0 Å². The van der Waals surface area contributed by atoms with Gasteiger partial charge in [0.1, 0.15) is 35.3 Å². The Bertz CT molecular complexity index is 1220. The first-order valence-electron chi connectivity index (χ1n) is 12.5. The zero-order valence-corrected chi connectivity index (χ0v) is 23.3. The summed E-state index contributed by atoms with van der Waals surface area (Å²) in [5.41, 5.74) is -0.130. The largest absolute Gasteiger partial charge is 0.443 e. The molecule has 0 N–H and O–H groups in total. The highest BCUT2D eigenvalue weighted by molar-refractivity contribution is 6.13. The number of anilines is 1. The average molecular weight is 516 g/mol. The van der Waals surface area contributed by atoms with Gasteiger partial charge in [-0.2, -0.15) is 10.00 Å². The maximum atomic E-state index is 13.3. The van der Waals surface area contributed by atoms with Crippen molar-refractivity contribution in [3.05, 3.63) is 23.7 Å². The zero-order valence-electron chi connectivity index (χ0n) is 23.3. The number of carbonyl (C=O) groups is 2. The van der Waals surface area contributed by atoms with E-state index >= 15 is 0 Å². The van der Waals surface area contributed by atoms with E-state index in [1.165, 1.54) is 0 Å². The van der Waals surface area contributed by atoms with Crippen LogP contribution in [-0.2, 0) is 18.9 Å². The lowest BCUT2D eigenvalue weighted by Crippen LogP contribution is -2.44. The highest BCUT2D eigenvalue weighted by atomic mass is 16.8. The van der Waals surface area contributed by atoms with Gasteiger partial charge in [0.2, 0.25) is 0 Å². The fourth-order valence-electron chi connectivity index (χ4n) is 4.53. The molecule has 11 heteroatoms. The van der Waals surface area contributed by atoms with Gasteiger partial charge in [-0.15, -0.1) is 0 Å². The number of rotatable bonds is 3. The fraction of sp³-hybridized carbons (Fsp3) is 0.654. The zero-order chi connectivity index (χ0) is 27.5. The Balaban J connectivity index is 1.83. The lowest BCUT2D eigenvalue weighted by Gasteiger charge is -2.28. The van der Waals surface area contributed by atoms with Crippen LogP contribution in [0.1, 0.15) is 80.6 Å². The molecule has 4 rings (SSSR count). The highest BCUT2D eigenvalue weighted by Crippen LogP contribution is 2.45. The Labute approximate surface area is 217 Å². The highest BCUT2D eigenvalue weighted by Gasteiger charge is 2.51. The quantitative estimate of drug-likeness (QED) is 0.507. The smallest absolute Gasteiger partial charge is 0.425 e. The van der Waals surface area contributed by atoms with Gasteiger partial charge < -0.3 is 18.9 Å². The fourth-order valence-corrected chi connectivity index (χ4v) is 4.53. The minimum absolute atomic E-state index is 0.0374. The Morgan fingerprint density at radius 2 is 1.65 bits per heavy atom. The first kappa shape index (κ1) is 27.0. The van der Waals surface area contributed by atoms with E-state index in [2.05, 4.69) is 28.1 Å². The molecule has 2 amide bonds. The molecule has 1 saturated heterocycles. The van der Waals surface area contributed by atoms with Crippen LogP contribution in [0.2, 0.25) is 0 Å². The van der Waals surface area contributed by atoms with Crippen LogP contribution in [0, 0.1) is 6.92 Å². The van der Waals surface area contributed by atoms with E-state index in [0.29, 0.717) is 16.9 Å². The van der Waals surface area contributed by atoms with Crippen molar-refractivity contribution in [2.24, 2.45) is 0 Å². The van der Waals surface area contributed by atoms with E-state index in [0.717, 1.165) is 16.9 Å². The molecule has 1 aliphatic heterocycles. The molecule has 2 aliphatic rings. The van der Waals surface area contributed by atoms with Crippen LogP contribution >= 0.6 is 0 Å². The molecule has 0 radical (unpaired) electrons. The minimum Gasteiger partial charge on any atom is -0.443 e. The predicted octanol–water partition coefficient (Wildman–Crippen LogP) is 5.22. The number of nitrogens with zero attached hydrogens (tertiary/aromatic N) is 5. The summed E-state index contributed by atoms with van der Waals surface area (Å²) in [4.78, 5) is 36.4. The van der Waals surface area contributed by atoms with E-state index in [4.69, 9.17) is 18.9 Å². The topological polar surface area (TPSA) is 118 Å². The lowest BCUT2D eigenvalue weighted by atomic mass is 10.1. The number of aromatic nitrogens is 4. The molecule has 11 nitrogen and oxygen atoms in total. The number of amides is 2. The van der Waals surface area contributed by atoms with Crippen molar-refractivity contribution in [3.8, 4) is 0 Å². The van der Waals surface area contributed by atoms with Crippen molar-refractivity contribution in [1.82, 2.24) is 19.7 Å². The molecule has 1 aliphatic carbocycles. The van der Waals surface area contributed by atoms with E-state index in [1.54, 1.807) is 59.3 Å². The minimum atomic E-state index is -0.905. The summed E-state index contributed by atoms with van der Waals surface area (Å²) in [6.07, 6.45) is 2.15. The standard InChI is InChI=1S/C26H37N5O6/c1-11-15-12-17(19-18(15)34-26(9,10)35-19)31-21-16(13-27-31)20(28-14(2)29-21)30(22(32)36-24(3,4)5)23(33)37-25(6,7)8/h12-13,17-19H,11H2,1-10H3/t17-,18-,19+/m1/s1. The summed E-state index contributed by atoms with van der Waals surface area (Å²) in [5, 5.41) is 5.01. The molecule has 0 aromatic carbocycles. The summed E-state index contributed by atoms with van der Waals surface area (Å²) in [6.45, 7) is 17.9. The summed E-state index contributed by atoms with van der Waals surface area (Å²) in [6, 6.07) is -0.294. The number of ether oxygens (including phenoxy) is 4. The normalized spacial score (nSPS) is 23.1. The van der Waals surface area contributed by atoms with Gasteiger partial charge in [0.15, 0.2) is 17.3 Å².